The van der Waals surface area contributed by atoms with Gasteiger partial charge >= 0.3 is 0 Å². The summed E-state index contributed by atoms with van der Waals surface area (Å²) in [5, 5.41) is 3.33. The summed E-state index contributed by atoms with van der Waals surface area (Å²) in [6.45, 7) is 5.37. The van der Waals surface area contributed by atoms with Crippen molar-refractivity contribution in [3.05, 3.63) is 35.9 Å². The summed E-state index contributed by atoms with van der Waals surface area (Å²) in [6, 6.07) is 10.9. The highest BCUT2D eigenvalue weighted by Crippen LogP contribution is 2.39. The second-order valence-electron chi connectivity index (χ2n) is 7.82. The first-order chi connectivity index (χ1) is 11.7. The number of fused-ring (bicyclic) bond motifs is 2. The summed E-state index contributed by atoms with van der Waals surface area (Å²) in [6.07, 6.45) is 4.70. The molecule has 0 saturated carbocycles. The number of carbonyl (C=O) groups excluding carboxylic acids is 1. The van der Waals surface area contributed by atoms with Crippen LogP contribution in [0.25, 0.3) is 0 Å². The Morgan fingerprint density at radius 2 is 2.08 bits per heavy atom. The third kappa shape index (κ3) is 3.35. The maximum atomic E-state index is 12.6. The molecule has 0 aliphatic carbocycles. The number of carbonyl (C=O) groups is 1. The number of hydrogen-bond donors (Lipinski definition) is 1. The van der Waals surface area contributed by atoms with E-state index in [1.807, 2.05) is 0 Å². The van der Waals surface area contributed by atoms with Crippen molar-refractivity contribution in [2.24, 2.45) is 11.8 Å². The maximum Gasteiger partial charge on any atom is 0.226 e. The molecule has 0 spiro atoms. The molecule has 5 atom stereocenters. The van der Waals surface area contributed by atoms with E-state index < -0.39 is 0 Å². The molecule has 2 bridgehead atoms. The van der Waals surface area contributed by atoms with Crippen LogP contribution >= 0.6 is 0 Å². The topological polar surface area (TPSA) is 41.6 Å². The van der Waals surface area contributed by atoms with E-state index in [0.29, 0.717) is 18.1 Å². The molecule has 3 aliphatic heterocycles. The van der Waals surface area contributed by atoms with Gasteiger partial charge in [-0.15, -0.1) is 0 Å². The van der Waals surface area contributed by atoms with E-state index in [1.54, 1.807) is 0 Å². The summed E-state index contributed by atoms with van der Waals surface area (Å²) < 4.78 is 5.84. The lowest BCUT2D eigenvalue weighted by Crippen LogP contribution is -2.51. The molecule has 1 amide bonds. The fourth-order valence-corrected chi connectivity index (χ4v) is 4.64. The zero-order valence-corrected chi connectivity index (χ0v) is 14.5. The molecular weight excluding hydrogens is 300 g/mol. The molecule has 0 unspecified atom stereocenters. The Morgan fingerprint density at radius 1 is 1.25 bits per heavy atom. The van der Waals surface area contributed by atoms with Crippen molar-refractivity contribution < 1.29 is 9.53 Å². The average molecular weight is 328 g/mol. The molecular formula is C20H28N2O2. The second kappa shape index (κ2) is 6.85. The molecule has 1 aromatic carbocycles. The summed E-state index contributed by atoms with van der Waals surface area (Å²) >= 11 is 0. The summed E-state index contributed by atoms with van der Waals surface area (Å²) in [5.41, 5.74) is 1.37. The van der Waals surface area contributed by atoms with Crippen LogP contribution < -0.4 is 5.32 Å². The third-order valence-electron chi connectivity index (χ3n) is 6.01. The zero-order chi connectivity index (χ0) is 16.5. The molecule has 4 nitrogen and oxygen atoms in total. The molecule has 3 fully saturated rings. The van der Waals surface area contributed by atoms with Gasteiger partial charge in [0.2, 0.25) is 5.91 Å². The Labute approximate surface area is 144 Å². The van der Waals surface area contributed by atoms with E-state index in [2.05, 4.69) is 47.5 Å². The lowest BCUT2D eigenvalue weighted by Gasteiger charge is -2.38. The highest BCUT2D eigenvalue weighted by molar-refractivity contribution is 5.80. The van der Waals surface area contributed by atoms with Crippen molar-refractivity contribution >= 4 is 5.91 Å². The number of piperidine rings is 1. The first kappa shape index (κ1) is 16.1. The van der Waals surface area contributed by atoms with Crippen LogP contribution in [0.3, 0.4) is 0 Å². The fourth-order valence-electron chi connectivity index (χ4n) is 4.64. The molecule has 3 heterocycles. The van der Waals surface area contributed by atoms with E-state index in [4.69, 9.17) is 4.74 Å². The van der Waals surface area contributed by atoms with Crippen LogP contribution in [-0.2, 0) is 16.1 Å². The van der Waals surface area contributed by atoms with Crippen molar-refractivity contribution in [3.63, 3.8) is 0 Å². The van der Waals surface area contributed by atoms with Gasteiger partial charge in [-0.3, -0.25) is 9.69 Å². The third-order valence-corrected chi connectivity index (χ3v) is 6.01. The first-order valence-corrected chi connectivity index (χ1v) is 9.41. The molecule has 0 aromatic heterocycles. The molecule has 1 aromatic rings. The first-order valence-electron chi connectivity index (χ1n) is 9.41. The molecule has 130 valence electrons. The minimum absolute atomic E-state index is 0.0956. The van der Waals surface area contributed by atoms with Gasteiger partial charge in [-0.25, -0.2) is 0 Å². The number of hydrogen-bond acceptors (Lipinski definition) is 3. The number of nitrogens with zero attached hydrogens (tertiary/aromatic N) is 1. The summed E-state index contributed by atoms with van der Waals surface area (Å²) in [5.74, 6) is 0.819. The molecule has 3 saturated heterocycles. The number of ether oxygens (including phenoxy) is 1. The van der Waals surface area contributed by atoms with Gasteiger partial charge < -0.3 is 10.1 Å². The molecule has 0 radical (unpaired) electrons. The van der Waals surface area contributed by atoms with Gasteiger partial charge in [0.25, 0.3) is 0 Å². The lowest BCUT2D eigenvalue weighted by atomic mass is 9.87. The quantitative estimate of drug-likeness (QED) is 0.924. The van der Waals surface area contributed by atoms with Crippen LogP contribution in [0.2, 0.25) is 0 Å². The fraction of sp³-hybridized carbons (Fsp3) is 0.650. The Morgan fingerprint density at radius 3 is 2.75 bits per heavy atom. The highest BCUT2D eigenvalue weighted by atomic mass is 16.5. The molecule has 4 rings (SSSR count). The number of benzene rings is 1. The predicted molar refractivity (Wildman–Crippen MR) is 93.4 cm³/mol. The SMILES string of the molecule is C[C@@H]1CN(Cc2ccccc2)CC[C@@H]1NC(=O)[C@H]1C[C@H]2CC[C@H]1O2. The zero-order valence-electron chi connectivity index (χ0n) is 14.5. The molecule has 1 N–H and O–H groups in total. The number of nitrogens with one attached hydrogen (secondary N) is 1. The molecule has 24 heavy (non-hydrogen) atoms. The van der Waals surface area contributed by atoms with Gasteiger partial charge in [-0.2, -0.15) is 0 Å². The monoisotopic (exact) mass is 328 g/mol. The Bertz CT molecular complexity index is 576. The summed E-state index contributed by atoms with van der Waals surface area (Å²) in [7, 11) is 0. The van der Waals surface area contributed by atoms with E-state index in [9.17, 15) is 4.79 Å². The largest absolute Gasteiger partial charge is 0.374 e. The Balaban J connectivity index is 1.28. The van der Waals surface area contributed by atoms with Crippen molar-refractivity contribution in [3.8, 4) is 0 Å². The second-order valence-corrected chi connectivity index (χ2v) is 7.82. The Hall–Kier alpha value is -1.39. The average Bonchev–Trinajstić information content (AvgIpc) is 3.21. The number of likely N-dealkylation sites (tertiary alicyclic amines) is 1. The van der Waals surface area contributed by atoms with Gasteiger partial charge in [0, 0.05) is 25.7 Å². The number of rotatable bonds is 4. The smallest absolute Gasteiger partial charge is 0.226 e. The lowest BCUT2D eigenvalue weighted by molar-refractivity contribution is -0.128. The van der Waals surface area contributed by atoms with Gasteiger partial charge in [-0.05, 0) is 37.2 Å². The van der Waals surface area contributed by atoms with Gasteiger partial charge in [0.05, 0.1) is 18.1 Å². The van der Waals surface area contributed by atoms with Crippen molar-refractivity contribution in [2.75, 3.05) is 13.1 Å². The normalized spacial score (nSPS) is 36.0. The van der Waals surface area contributed by atoms with Crippen LogP contribution in [0, 0.1) is 11.8 Å². The van der Waals surface area contributed by atoms with Crippen LogP contribution in [0.5, 0.6) is 0 Å². The minimum atomic E-state index is 0.0956. The number of amides is 1. The predicted octanol–water partition coefficient (Wildman–Crippen LogP) is 2.58. The van der Waals surface area contributed by atoms with E-state index in [1.165, 1.54) is 5.56 Å². The van der Waals surface area contributed by atoms with Crippen LogP contribution in [0.1, 0.15) is 38.2 Å². The van der Waals surface area contributed by atoms with Gasteiger partial charge in [-0.1, -0.05) is 37.3 Å². The Kier molecular flexibility index (Phi) is 4.59. The van der Waals surface area contributed by atoms with Crippen LogP contribution in [0.15, 0.2) is 30.3 Å². The van der Waals surface area contributed by atoms with Gasteiger partial charge in [0.1, 0.15) is 0 Å². The van der Waals surface area contributed by atoms with Crippen LogP contribution in [-0.4, -0.2) is 42.1 Å². The van der Waals surface area contributed by atoms with E-state index >= 15 is 0 Å². The van der Waals surface area contributed by atoms with Gasteiger partial charge in [0.15, 0.2) is 0 Å². The molecule has 4 heteroatoms. The minimum Gasteiger partial charge on any atom is -0.374 e. The van der Waals surface area contributed by atoms with Crippen molar-refractivity contribution in [1.29, 1.82) is 0 Å². The van der Waals surface area contributed by atoms with Crippen molar-refractivity contribution in [2.45, 2.75) is 57.4 Å². The van der Waals surface area contributed by atoms with E-state index in [-0.39, 0.29) is 17.9 Å². The standard InChI is InChI=1S/C20H28N2O2/c1-14-12-22(13-15-5-3-2-4-6-15)10-9-18(14)21-20(23)17-11-16-7-8-19(17)24-16/h2-6,14,16-19H,7-13H2,1H3,(H,21,23)/t14-,16-,17+,18+,19-/m1/s1. The molecule has 3 aliphatic rings. The van der Waals surface area contributed by atoms with E-state index in [0.717, 1.165) is 45.3 Å². The van der Waals surface area contributed by atoms with Crippen molar-refractivity contribution in [1.82, 2.24) is 10.2 Å². The summed E-state index contributed by atoms with van der Waals surface area (Å²) in [4.78, 5) is 15.1. The highest BCUT2D eigenvalue weighted by Gasteiger charge is 2.45. The maximum absolute atomic E-state index is 12.6. The van der Waals surface area contributed by atoms with Crippen LogP contribution in [0.4, 0.5) is 0 Å².